The molecule has 0 amide bonds. The molecule has 0 aromatic heterocycles. The number of hydrogen-bond acceptors (Lipinski definition) is 4. The molecule has 0 unspecified atom stereocenters. The Morgan fingerprint density at radius 2 is 1.10 bits per heavy atom. The van der Waals surface area contributed by atoms with Gasteiger partial charge in [-0.1, -0.05) is 0 Å². The second-order valence-corrected chi connectivity index (χ2v) is 9.85. The molecule has 0 rings (SSSR count). The number of halogens is 1. The van der Waals surface area contributed by atoms with E-state index in [0.717, 1.165) is 0 Å². The van der Waals surface area contributed by atoms with E-state index in [4.69, 9.17) is 17.5 Å². The zero-order chi connectivity index (χ0) is 9.00. The predicted molar refractivity (Wildman–Crippen MR) is 38.9 cm³/mol. The van der Waals surface area contributed by atoms with Crippen molar-refractivity contribution in [3.05, 3.63) is 0 Å². The van der Waals surface area contributed by atoms with Crippen LogP contribution in [0.3, 0.4) is 0 Å². The minimum atomic E-state index is -4.67. The highest BCUT2D eigenvalue weighted by Gasteiger charge is 1.84. The minimum Gasteiger partial charge on any atom is -0.264 e. The zero-order valence-electron chi connectivity index (χ0n) is 4.72. The Bertz CT molecular complexity index is 212. The van der Waals surface area contributed by atoms with E-state index < -0.39 is 18.9 Å². The Morgan fingerprint density at radius 3 is 1.10 bits per heavy atom. The second-order valence-electron chi connectivity index (χ2n) is 1.13. The first-order valence-electron chi connectivity index (χ1n) is 1.59. The Kier molecular flexibility index (Phi) is 5.51. The van der Waals surface area contributed by atoms with E-state index >= 15 is 0 Å². The summed E-state index contributed by atoms with van der Waals surface area (Å²) in [5.74, 6) is 0. The minimum absolute atomic E-state index is 0.0455. The van der Waals surface area contributed by atoms with Crippen LogP contribution in [0.15, 0.2) is 0 Å². The SMILES string of the molecule is O=S(=O)(O)O.O=S(=O)([SiH3])Cl. The maximum atomic E-state index is 9.46. The molecule has 64 valence electrons. The van der Waals surface area contributed by atoms with E-state index in [9.17, 15) is 8.42 Å². The molecule has 0 aliphatic carbocycles. The normalized spacial score (nSPS) is 11.9. The Labute approximate surface area is 65.3 Å². The summed E-state index contributed by atoms with van der Waals surface area (Å²) in [5.41, 5.74) is 0. The van der Waals surface area contributed by atoms with Crippen LogP contribution in [0.25, 0.3) is 0 Å². The Morgan fingerprint density at radius 1 is 1.10 bits per heavy atom. The third-order valence-corrected chi connectivity index (χ3v) is 0. The van der Waals surface area contributed by atoms with Crippen molar-refractivity contribution in [2.45, 2.75) is 0 Å². The molecular weight excluding hydrogens is 224 g/mol. The van der Waals surface area contributed by atoms with Crippen LogP contribution in [-0.2, 0) is 18.9 Å². The Hall–Kier alpha value is 0.327. The van der Waals surface area contributed by atoms with Crippen molar-refractivity contribution in [3.8, 4) is 0 Å². The second kappa shape index (κ2) is 4.26. The lowest BCUT2D eigenvalue weighted by atomic mass is 15.8. The summed E-state index contributed by atoms with van der Waals surface area (Å²) in [6.07, 6.45) is 0. The van der Waals surface area contributed by atoms with Crippen LogP contribution in [-0.4, -0.2) is 35.3 Å². The topological polar surface area (TPSA) is 109 Å². The van der Waals surface area contributed by atoms with E-state index in [0.29, 0.717) is 0 Å². The molecule has 0 saturated carbocycles. The molecule has 0 aromatic rings. The standard InChI is InChI=1S/ClH3O2SSi.H2O4S/c1-4(2,3)5;1-5(2,3)4/h5H3;(H2,1,2,3,4). The van der Waals surface area contributed by atoms with Gasteiger partial charge < -0.3 is 0 Å². The molecule has 10 heavy (non-hydrogen) atoms. The van der Waals surface area contributed by atoms with Crippen LogP contribution < -0.4 is 0 Å². The molecule has 10 heteroatoms. The summed E-state index contributed by atoms with van der Waals surface area (Å²) in [6.45, 7) is 0. The molecule has 0 spiro atoms. The highest BCUT2D eigenvalue weighted by atomic mass is 35.7. The van der Waals surface area contributed by atoms with Gasteiger partial charge in [0.2, 0.25) is 0 Å². The number of hydrogen-bond donors (Lipinski definition) is 2. The van der Waals surface area contributed by atoms with Gasteiger partial charge in [-0.15, -0.1) is 0 Å². The van der Waals surface area contributed by atoms with E-state index in [1.54, 1.807) is 0 Å². The molecule has 0 heterocycles. The van der Waals surface area contributed by atoms with Crippen LogP contribution in [0.4, 0.5) is 0 Å². The van der Waals surface area contributed by atoms with Gasteiger partial charge in [-0.3, -0.25) is 9.11 Å². The molecule has 0 aromatic carbocycles. The molecule has 0 fully saturated rings. The maximum absolute atomic E-state index is 9.46. The van der Waals surface area contributed by atoms with Crippen molar-refractivity contribution in [2.75, 3.05) is 0 Å². The van der Waals surface area contributed by atoms with Gasteiger partial charge in [-0.2, -0.15) is 8.42 Å². The first kappa shape index (κ1) is 13.0. The fraction of sp³-hybridized carbons (Fsp3) is 0. The summed E-state index contributed by atoms with van der Waals surface area (Å²) in [4.78, 5) is 0. The predicted octanol–water partition coefficient (Wildman–Crippen LogP) is -1.82. The summed E-state index contributed by atoms with van der Waals surface area (Å²) >= 11 is 0. The lowest BCUT2D eigenvalue weighted by Crippen LogP contribution is -1.89. The van der Waals surface area contributed by atoms with Gasteiger partial charge in [0.05, 0.1) is 0 Å². The maximum Gasteiger partial charge on any atom is 0.394 e. The lowest BCUT2D eigenvalue weighted by Gasteiger charge is -1.68. The van der Waals surface area contributed by atoms with Crippen molar-refractivity contribution in [2.24, 2.45) is 0 Å². The van der Waals surface area contributed by atoms with Crippen LogP contribution in [0.1, 0.15) is 0 Å². The largest absolute Gasteiger partial charge is 0.394 e. The molecule has 6 nitrogen and oxygen atoms in total. The molecule has 2 N–H and O–H groups in total. The molecule has 0 radical (unpaired) electrons. The van der Waals surface area contributed by atoms with E-state index in [1.165, 1.54) is 0 Å². The van der Waals surface area contributed by atoms with Gasteiger partial charge in [0.25, 0.3) is 0 Å². The molecule has 0 aliphatic rings. The smallest absolute Gasteiger partial charge is 0.264 e. The zero-order valence-corrected chi connectivity index (χ0v) is 9.11. The van der Waals surface area contributed by atoms with Crippen LogP contribution in [0.2, 0.25) is 0 Å². The van der Waals surface area contributed by atoms with Crippen molar-refractivity contribution >= 4 is 39.0 Å². The third kappa shape index (κ3) is 4180. The van der Waals surface area contributed by atoms with E-state index in [2.05, 4.69) is 10.7 Å². The highest BCUT2D eigenvalue weighted by molar-refractivity contribution is 8.30. The highest BCUT2D eigenvalue weighted by Crippen LogP contribution is 1.81. The van der Waals surface area contributed by atoms with Crippen molar-refractivity contribution in [1.29, 1.82) is 0 Å². The quantitative estimate of drug-likeness (QED) is 0.287. The van der Waals surface area contributed by atoms with Gasteiger partial charge in [-0.05, 0) is 0 Å². The third-order valence-electron chi connectivity index (χ3n) is 0. The first-order chi connectivity index (χ1) is 4.00. The summed E-state index contributed by atoms with van der Waals surface area (Å²) in [5, 5.41) is 0. The van der Waals surface area contributed by atoms with Crippen molar-refractivity contribution in [1.82, 2.24) is 0 Å². The molecule has 0 saturated heterocycles. The summed E-state index contributed by atoms with van der Waals surface area (Å²) in [7, 11) is -3.11. The molecule has 0 aliphatic heterocycles. The van der Waals surface area contributed by atoms with Gasteiger partial charge in [0, 0.05) is 10.7 Å². The van der Waals surface area contributed by atoms with Crippen LogP contribution in [0, 0.1) is 0 Å². The van der Waals surface area contributed by atoms with Gasteiger partial charge >= 0.3 is 10.4 Å². The average Bonchev–Trinajstić information content (AvgIpc) is 1.12. The van der Waals surface area contributed by atoms with Crippen LogP contribution in [0.5, 0.6) is 0 Å². The summed E-state index contributed by atoms with van der Waals surface area (Å²) in [6, 6.07) is 0. The summed E-state index contributed by atoms with van der Waals surface area (Å²) < 4.78 is 50.5. The monoisotopic (exact) mass is 228 g/mol. The molecular formula is H5ClO6S2Si. The van der Waals surface area contributed by atoms with Crippen LogP contribution >= 0.6 is 10.7 Å². The molecule has 0 atom stereocenters. The first-order valence-corrected chi connectivity index (χ1v) is 8.16. The Balaban J connectivity index is 0. The van der Waals surface area contributed by atoms with Gasteiger partial charge in [0.1, 0.15) is 0 Å². The number of rotatable bonds is 0. The van der Waals surface area contributed by atoms with E-state index in [-0.39, 0.29) is 9.39 Å². The van der Waals surface area contributed by atoms with Crippen molar-refractivity contribution < 1.29 is 25.9 Å². The molecule has 0 bridgehead atoms. The van der Waals surface area contributed by atoms with E-state index in [1.807, 2.05) is 0 Å². The average molecular weight is 229 g/mol. The van der Waals surface area contributed by atoms with Gasteiger partial charge in [0.15, 0.2) is 17.9 Å². The fourth-order valence-electron chi connectivity index (χ4n) is 0. The lowest BCUT2D eigenvalue weighted by molar-refractivity contribution is 0.381. The van der Waals surface area contributed by atoms with Gasteiger partial charge in [-0.25, -0.2) is 8.42 Å². The van der Waals surface area contributed by atoms with Crippen molar-refractivity contribution in [3.63, 3.8) is 0 Å². The fourth-order valence-corrected chi connectivity index (χ4v) is 0.